The van der Waals surface area contributed by atoms with E-state index >= 15 is 0 Å². The zero-order valence-electron chi connectivity index (χ0n) is 23.3. The SMILES string of the molecule is CCc1cc(CNC(=O)c2cccnc2)c(O)c2c1CC1CC3C(N(C)C)C(=O)C(C(N)=O)=C(O)C3(O)C(=O)C1=C2O. The number of pyridine rings is 1. The van der Waals surface area contributed by atoms with E-state index in [0.717, 1.165) is 5.56 Å². The monoisotopic (exact) mass is 576 g/mol. The van der Waals surface area contributed by atoms with Crippen molar-refractivity contribution in [1.29, 1.82) is 0 Å². The number of aromatic hydroxyl groups is 1. The van der Waals surface area contributed by atoms with E-state index in [0.29, 0.717) is 23.1 Å². The maximum absolute atomic E-state index is 14.0. The molecule has 220 valence electrons. The molecule has 12 nitrogen and oxygen atoms in total. The fourth-order valence-corrected chi connectivity index (χ4v) is 6.68. The second kappa shape index (κ2) is 10.4. The number of phenols is 1. The van der Waals surface area contributed by atoms with Gasteiger partial charge in [-0.05, 0) is 62.5 Å². The van der Waals surface area contributed by atoms with E-state index in [4.69, 9.17) is 5.73 Å². The number of aromatic nitrogens is 1. The quantitative estimate of drug-likeness (QED) is 0.268. The third-order valence-corrected chi connectivity index (χ3v) is 8.64. The minimum absolute atomic E-state index is 0.00346. The summed E-state index contributed by atoms with van der Waals surface area (Å²) >= 11 is 0. The Kier molecular flexibility index (Phi) is 7.15. The second-order valence-corrected chi connectivity index (χ2v) is 11.1. The van der Waals surface area contributed by atoms with Gasteiger partial charge in [-0.1, -0.05) is 13.0 Å². The lowest BCUT2D eigenvalue weighted by atomic mass is 9.57. The molecule has 0 saturated heterocycles. The van der Waals surface area contributed by atoms with Gasteiger partial charge >= 0.3 is 0 Å². The number of likely N-dealkylation sites (N-methyl/N-ethyl adjacent to an activating group) is 1. The molecule has 0 spiro atoms. The number of nitrogens with one attached hydrogen (secondary N) is 1. The molecule has 7 N–H and O–H groups in total. The summed E-state index contributed by atoms with van der Waals surface area (Å²) in [6.45, 7) is 1.80. The lowest BCUT2D eigenvalue weighted by molar-refractivity contribution is -0.153. The third-order valence-electron chi connectivity index (χ3n) is 8.64. The summed E-state index contributed by atoms with van der Waals surface area (Å²) in [4.78, 5) is 57.4. The van der Waals surface area contributed by atoms with Crippen molar-refractivity contribution in [2.45, 2.75) is 44.4 Å². The highest BCUT2D eigenvalue weighted by Gasteiger charge is 2.64. The van der Waals surface area contributed by atoms with Crippen LogP contribution in [0.4, 0.5) is 0 Å². The smallest absolute Gasteiger partial charge is 0.255 e. The fourth-order valence-electron chi connectivity index (χ4n) is 6.68. The Morgan fingerprint density at radius 1 is 1.19 bits per heavy atom. The lowest BCUT2D eigenvalue weighted by Gasteiger charge is -2.50. The highest BCUT2D eigenvalue weighted by molar-refractivity contribution is 6.24. The first-order chi connectivity index (χ1) is 19.8. The Hall–Kier alpha value is -4.55. The molecule has 3 aliphatic rings. The van der Waals surface area contributed by atoms with Crippen molar-refractivity contribution in [3.05, 3.63) is 75.3 Å². The molecule has 1 fully saturated rings. The first kappa shape index (κ1) is 29.0. The predicted molar refractivity (Wildman–Crippen MR) is 149 cm³/mol. The van der Waals surface area contributed by atoms with Gasteiger partial charge in [0.05, 0.1) is 17.2 Å². The van der Waals surface area contributed by atoms with Gasteiger partial charge in [0, 0.05) is 36.0 Å². The largest absolute Gasteiger partial charge is 0.508 e. The minimum atomic E-state index is -2.71. The van der Waals surface area contributed by atoms with Gasteiger partial charge in [-0.15, -0.1) is 0 Å². The number of rotatable bonds is 6. The number of ketones is 2. The number of hydrogen-bond acceptors (Lipinski definition) is 10. The number of carbonyl (C=O) groups excluding carboxylic acids is 4. The average molecular weight is 577 g/mol. The summed E-state index contributed by atoms with van der Waals surface area (Å²) in [6, 6.07) is 3.79. The Bertz CT molecular complexity index is 1600. The molecule has 0 radical (unpaired) electrons. The average Bonchev–Trinajstić information content (AvgIpc) is 2.94. The Morgan fingerprint density at radius 3 is 2.50 bits per heavy atom. The number of aliphatic hydroxyl groups is 3. The van der Waals surface area contributed by atoms with Crippen molar-refractivity contribution >= 4 is 29.1 Å². The summed E-state index contributed by atoms with van der Waals surface area (Å²) < 4.78 is 0. The molecule has 1 heterocycles. The van der Waals surface area contributed by atoms with Crippen LogP contribution in [0.1, 0.15) is 46.0 Å². The van der Waals surface area contributed by atoms with E-state index in [2.05, 4.69) is 10.3 Å². The molecular weight excluding hydrogens is 544 g/mol. The van der Waals surface area contributed by atoms with Crippen molar-refractivity contribution in [1.82, 2.24) is 15.2 Å². The van der Waals surface area contributed by atoms with E-state index in [1.165, 1.54) is 17.3 Å². The van der Waals surface area contributed by atoms with E-state index < -0.39 is 64.0 Å². The maximum atomic E-state index is 14.0. The Labute approximate surface area is 241 Å². The van der Waals surface area contributed by atoms with Gasteiger partial charge in [0.25, 0.3) is 11.8 Å². The summed E-state index contributed by atoms with van der Waals surface area (Å²) in [5.41, 5.74) is 3.56. The number of aryl methyl sites for hydroxylation is 1. The first-order valence-corrected chi connectivity index (χ1v) is 13.5. The van der Waals surface area contributed by atoms with Crippen LogP contribution in [0.3, 0.4) is 0 Å². The zero-order chi connectivity index (χ0) is 30.7. The van der Waals surface area contributed by atoms with Crippen molar-refractivity contribution < 1.29 is 39.6 Å². The Balaban J connectivity index is 1.62. The van der Waals surface area contributed by atoms with Crippen LogP contribution in [-0.4, -0.2) is 79.4 Å². The summed E-state index contributed by atoms with van der Waals surface area (Å²) in [7, 11) is 3.10. The van der Waals surface area contributed by atoms with Crippen LogP contribution in [0.15, 0.2) is 47.5 Å². The van der Waals surface area contributed by atoms with Gasteiger partial charge in [-0.25, -0.2) is 0 Å². The van der Waals surface area contributed by atoms with Gasteiger partial charge in [0.15, 0.2) is 11.4 Å². The van der Waals surface area contributed by atoms with Crippen LogP contribution < -0.4 is 11.1 Å². The van der Waals surface area contributed by atoms with Gasteiger partial charge in [0.2, 0.25) is 5.78 Å². The molecule has 0 bridgehead atoms. The van der Waals surface area contributed by atoms with Crippen LogP contribution in [-0.2, 0) is 33.8 Å². The van der Waals surface area contributed by atoms with Crippen molar-refractivity contribution in [2.24, 2.45) is 17.6 Å². The fraction of sp³-hybridized carbons (Fsp3) is 0.367. The number of fused-ring (bicyclic) bond motifs is 3. The van der Waals surface area contributed by atoms with Gasteiger partial charge < -0.3 is 31.5 Å². The second-order valence-electron chi connectivity index (χ2n) is 11.1. The number of Topliss-reactive ketones (excluding diaryl/α,β-unsaturated/α-hetero) is 2. The predicted octanol–water partition coefficient (Wildman–Crippen LogP) is 0.851. The molecule has 2 amide bonds. The van der Waals surface area contributed by atoms with Crippen LogP contribution >= 0.6 is 0 Å². The number of carbonyl (C=O) groups is 4. The van der Waals surface area contributed by atoms with E-state index in [1.54, 1.807) is 32.3 Å². The number of aliphatic hydroxyl groups excluding tert-OH is 2. The molecule has 4 atom stereocenters. The van der Waals surface area contributed by atoms with Crippen LogP contribution in [0.5, 0.6) is 5.75 Å². The summed E-state index contributed by atoms with van der Waals surface area (Å²) in [5.74, 6) is -7.44. The molecule has 3 aliphatic carbocycles. The normalized spacial score (nSPS) is 25.2. The van der Waals surface area contributed by atoms with E-state index in [1.807, 2.05) is 6.92 Å². The number of phenolic OH excluding ortho intramolecular Hbond substituents is 1. The first-order valence-electron chi connectivity index (χ1n) is 13.5. The summed E-state index contributed by atoms with van der Waals surface area (Å²) in [6.07, 6.45) is 3.65. The van der Waals surface area contributed by atoms with Crippen molar-refractivity contribution in [3.63, 3.8) is 0 Å². The van der Waals surface area contributed by atoms with Crippen molar-refractivity contribution in [2.75, 3.05) is 14.1 Å². The maximum Gasteiger partial charge on any atom is 0.255 e. The number of hydrogen-bond donors (Lipinski definition) is 6. The summed E-state index contributed by atoms with van der Waals surface area (Å²) in [5, 5.41) is 48.3. The zero-order valence-corrected chi connectivity index (χ0v) is 23.3. The molecule has 1 saturated carbocycles. The topological polar surface area (TPSA) is 203 Å². The molecule has 2 aromatic rings. The van der Waals surface area contributed by atoms with Crippen LogP contribution in [0, 0.1) is 11.8 Å². The highest BCUT2D eigenvalue weighted by Crippen LogP contribution is 2.53. The number of amides is 2. The lowest BCUT2D eigenvalue weighted by Crippen LogP contribution is -2.65. The standard InChI is InChI=1S/C30H32N4O8/c1-4-13-8-16(12-33-29(41)14-6-5-7-32-11-14)23(35)20-17(13)9-15-10-18-22(34(2)3)25(37)21(28(31)40)27(39)30(18,42)26(38)19(15)24(20)36/h5-8,11,15,18,22,35-36,39,42H,4,9-10,12H2,1-3H3,(H2,31,40)(H,33,41). The number of primary amides is 1. The molecule has 1 aromatic carbocycles. The molecule has 12 heteroatoms. The van der Waals surface area contributed by atoms with Crippen LogP contribution in [0.25, 0.3) is 5.76 Å². The number of benzene rings is 1. The minimum Gasteiger partial charge on any atom is -0.508 e. The molecule has 0 aliphatic heterocycles. The highest BCUT2D eigenvalue weighted by atomic mass is 16.3. The molecular formula is C30H32N4O8. The molecule has 5 rings (SSSR count). The van der Waals surface area contributed by atoms with E-state index in [-0.39, 0.29) is 36.3 Å². The van der Waals surface area contributed by atoms with Gasteiger partial charge in [-0.3, -0.25) is 29.1 Å². The van der Waals surface area contributed by atoms with E-state index in [9.17, 15) is 39.6 Å². The third kappa shape index (κ3) is 4.17. The number of nitrogens with two attached hydrogens (primary N) is 1. The molecule has 1 aromatic heterocycles. The van der Waals surface area contributed by atoms with Crippen molar-refractivity contribution in [3.8, 4) is 5.75 Å². The Morgan fingerprint density at radius 2 is 1.90 bits per heavy atom. The van der Waals surface area contributed by atoms with Crippen LogP contribution in [0.2, 0.25) is 0 Å². The van der Waals surface area contributed by atoms with Gasteiger partial charge in [-0.2, -0.15) is 0 Å². The number of nitrogens with zero attached hydrogens (tertiary/aromatic N) is 2. The molecule has 42 heavy (non-hydrogen) atoms. The molecule has 4 unspecified atom stereocenters. The van der Waals surface area contributed by atoms with Gasteiger partial charge in [0.1, 0.15) is 22.8 Å².